The number of nitrogens with one attached hydrogen (secondary N) is 1. The molecule has 1 aliphatic rings. The Kier molecular flexibility index (Phi) is 4.24. The van der Waals surface area contributed by atoms with Crippen LogP contribution in [0.25, 0.3) is 0 Å². The number of aliphatic hydroxyl groups excluding tert-OH is 1. The highest BCUT2D eigenvalue weighted by molar-refractivity contribution is 7.89. The molecular formula is C14H17N3O5S. The maximum atomic E-state index is 12.1. The second-order valence-electron chi connectivity index (χ2n) is 5.12. The van der Waals surface area contributed by atoms with Crippen molar-refractivity contribution in [2.45, 2.75) is 11.0 Å². The van der Waals surface area contributed by atoms with Gasteiger partial charge in [0.25, 0.3) is 0 Å². The first-order chi connectivity index (χ1) is 11.0. The van der Waals surface area contributed by atoms with E-state index < -0.39 is 16.1 Å². The summed E-state index contributed by atoms with van der Waals surface area (Å²) in [5.41, 5.74) is 0.545. The van der Waals surface area contributed by atoms with Crippen LogP contribution in [0.2, 0.25) is 0 Å². The van der Waals surface area contributed by atoms with Crippen LogP contribution >= 0.6 is 0 Å². The predicted molar refractivity (Wildman–Crippen MR) is 80.8 cm³/mol. The molecule has 1 aromatic heterocycles. The number of aromatic nitrogens is 2. The average Bonchev–Trinajstić information content (AvgIpc) is 2.99. The van der Waals surface area contributed by atoms with Crippen molar-refractivity contribution in [3.8, 4) is 11.5 Å². The fourth-order valence-electron chi connectivity index (χ4n) is 2.19. The van der Waals surface area contributed by atoms with E-state index in [2.05, 4.69) is 9.82 Å². The van der Waals surface area contributed by atoms with Crippen LogP contribution < -0.4 is 14.2 Å². The van der Waals surface area contributed by atoms with Crippen molar-refractivity contribution in [2.75, 3.05) is 19.8 Å². The number of benzene rings is 1. The standard InChI is InChI=1S/C14H17N3O5S/c1-17-9-11(7-15-17)23(19,20)16-8-12(18)10-2-3-13-14(6-10)22-5-4-21-13/h2-3,6-7,9,12,16,18H,4-5,8H2,1H3/t12-/m0/s1. The molecule has 0 unspecified atom stereocenters. The van der Waals surface area contributed by atoms with Crippen molar-refractivity contribution < 1.29 is 23.0 Å². The molecule has 0 spiro atoms. The average molecular weight is 339 g/mol. The molecule has 1 aliphatic heterocycles. The molecule has 2 heterocycles. The summed E-state index contributed by atoms with van der Waals surface area (Å²) in [6, 6.07) is 5.02. The molecule has 0 bridgehead atoms. The van der Waals surface area contributed by atoms with Crippen LogP contribution in [-0.4, -0.2) is 43.1 Å². The van der Waals surface area contributed by atoms with Crippen molar-refractivity contribution in [3.63, 3.8) is 0 Å². The lowest BCUT2D eigenvalue weighted by molar-refractivity contribution is 0.165. The second-order valence-corrected chi connectivity index (χ2v) is 6.89. The summed E-state index contributed by atoms with van der Waals surface area (Å²) in [4.78, 5) is 0.0503. The van der Waals surface area contributed by atoms with E-state index in [9.17, 15) is 13.5 Å². The molecule has 0 aliphatic carbocycles. The van der Waals surface area contributed by atoms with E-state index in [4.69, 9.17) is 9.47 Å². The van der Waals surface area contributed by atoms with Crippen LogP contribution in [0.15, 0.2) is 35.5 Å². The van der Waals surface area contributed by atoms with Gasteiger partial charge in [0.2, 0.25) is 10.0 Å². The monoisotopic (exact) mass is 339 g/mol. The Hall–Kier alpha value is -2.10. The van der Waals surface area contributed by atoms with Gasteiger partial charge in [-0.05, 0) is 17.7 Å². The summed E-state index contributed by atoms with van der Waals surface area (Å²) in [5, 5.41) is 14.0. The van der Waals surface area contributed by atoms with E-state index in [0.29, 0.717) is 30.3 Å². The van der Waals surface area contributed by atoms with Gasteiger partial charge in [-0.2, -0.15) is 5.10 Å². The zero-order chi connectivity index (χ0) is 16.4. The molecule has 3 rings (SSSR count). The minimum absolute atomic E-state index is 0.0503. The topological polar surface area (TPSA) is 103 Å². The molecule has 0 amide bonds. The van der Waals surface area contributed by atoms with Crippen LogP contribution in [-0.2, 0) is 17.1 Å². The summed E-state index contributed by atoms with van der Waals surface area (Å²) >= 11 is 0. The highest BCUT2D eigenvalue weighted by Crippen LogP contribution is 2.32. The number of aryl methyl sites for hydroxylation is 1. The molecule has 0 radical (unpaired) electrons. The normalized spacial score (nSPS) is 15.4. The van der Waals surface area contributed by atoms with Gasteiger partial charge >= 0.3 is 0 Å². The van der Waals surface area contributed by atoms with E-state index in [0.717, 1.165) is 0 Å². The van der Waals surface area contributed by atoms with Gasteiger partial charge in [-0.3, -0.25) is 4.68 Å². The highest BCUT2D eigenvalue weighted by atomic mass is 32.2. The number of nitrogens with zero attached hydrogens (tertiary/aromatic N) is 2. The van der Waals surface area contributed by atoms with Gasteiger partial charge in [-0.15, -0.1) is 0 Å². The number of hydrogen-bond donors (Lipinski definition) is 2. The summed E-state index contributed by atoms with van der Waals surface area (Å²) in [5.74, 6) is 1.16. The largest absolute Gasteiger partial charge is 0.486 e. The van der Waals surface area contributed by atoms with Gasteiger partial charge in [0.15, 0.2) is 11.5 Å². The number of sulfonamides is 1. The molecule has 124 valence electrons. The number of aliphatic hydroxyl groups is 1. The number of rotatable bonds is 5. The fourth-order valence-corrected chi connectivity index (χ4v) is 3.22. The zero-order valence-corrected chi connectivity index (χ0v) is 13.3. The maximum Gasteiger partial charge on any atom is 0.243 e. The molecule has 1 aromatic carbocycles. The highest BCUT2D eigenvalue weighted by Gasteiger charge is 2.20. The molecule has 9 heteroatoms. The number of hydrogen-bond acceptors (Lipinski definition) is 6. The van der Waals surface area contributed by atoms with E-state index in [1.54, 1.807) is 25.2 Å². The van der Waals surface area contributed by atoms with Gasteiger partial charge in [0.1, 0.15) is 18.1 Å². The van der Waals surface area contributed by atoms with E-state index in [1.807, 2.05) is 0 Å². The maximum absolute atomic E-state index is 12.1. The summed E-state index contributed by atoms with van der Waals surface area (Å²) in [6.45, 7) is 0.775. The van der Waals surface area contributed by atoms with Gasteiger partial charge in [-0.1, -0.05) is 6.07 Å². The van der Waals surface area contributed by atoms with Gasteiger partial charge in [-0.25, -0.2) is 13.1 Å². The van der Waals surface area contributed by atoms with Crippen molar-refractivity contribution >= 4 is 10.0 Å². The number of fused-ring (bicyclic) bond motifs is 1. The fraction of sp³-hybridized carbons (Fsp3) is 0.357. The molecule has 0 fully saturated rings. The third-order valence-corrected chi connectivity index (χ3v) is 4.79. The Morgan fingerprint density at radius 1 is 1.35 bits per heavy atom. The summed E-state index contributed by atoms with van der Waals surface area (Å²) in [7, 11) is -2.08. The Bertz CT molecular complexity index is 802. The Morgan fingerprint density at radius 3 is 2.78 bits per heavy atom. The van der Waals surface area contributed by atoms with E-state index in [-0.39, 0.29) is 11.4 Å². The predicted octanol–water partition coefficient (Wildman–Crippen LogP) is 0.203. The minimum atomic E-state index is -3.71. The Balaban J connectivity index is 1.68. The molecular weight excluding hydrogens is 322 g/mol. The van der Waals surface area contributed by atoms with Crippen LogP contribution in [0.1, 0.15) is 11.7 Å². The van der Waals surface area contributed by atoms with Crippen LogP contribution in [0.3, 0.4) is 0 Å². The quantitative estimate of drug-likeness (QED) is 0.807. The van der Waals surface area contributed by atoms with Crippen molar-refractivity contribution in [3.05, 3.63) is 36.2 Å². The molecule has 0 saturated carbocycles. The first-order valence-corrected chi connectivity index (χ1v) is 8.50. The molecule has 2 N–H and O–H groups in total. The van der Waals surface area contributed by atoms with E-state index >= 15 is 0 Å². The minimum Gasteiger partial charge on any atom is -0.486 e. The first kappa shape index (κ1) is 15.8. The number of ether oxygens (including phenoxy) is 2. The molecule has 2 aromatic rings. The lowest BCUT2D eigenvalue weighted by atomic mass is 10.1. The van der Waals surface area contributed by atoms with Crippen LogP contribution in [0.4, 0.5) is 0 Å². The summed E-state index contributed by atoms with van der Waals surface area (Å²) in [6.07, 6.45) is 1.63. The Morgan fingerprint density at radius 2 is 2.09 bits per heavy atom. The molecule has 23 heavy (non-hydrogen) atoms. The zero-order valence-electron chi connectivity index (χ0n) is 12.5. The third kappa shape index (κ3) is 3.46. The lowest BCUT2D eigenvalue weighted by Gasteiger charge is -2.20. The molecule has 1 atom stereocenters. The first-order valence-electron chi connectivity index (χ1n) is 7.01. The van der Waals surface area contributed by atoms with Gasteiger partial charge in [0, 0.05) is 19.8 Å². The SMILES string of the molecule is Cn1cc(S(=O)(=O)NC[C@H](O)c2ccc3c(c2)OCCO3)cn1. The molecule has 0 saturated heterocycles. The van der Waals surface area contributed by atoms with Gasteiger partial charge < -0.3 is 14.6 Å². The summed E-state index contributed by atoms with van der Waals surface area (Å²) < 4.78 is 38.8. The van der Waals surface area contributed by atoms with Crippen molar-refractivity contribution in [1.82, 2.24) is 14.5 Å². The lowest BCUT2D eigenvalue weighted by Crippen LogP contribution is -2.28. The van der Waals surface area contributed by atoms with Crippen molar-refractivity contribution in [1.29, 1.82) is 0 Å². The van der Waals surface area contributed by atoms with Gasteiger partial charge in [0.05, 0.1) is 12.3 Å². The second kappa shape index (κ2) is 6.19. The third-order valence-electron chi connectivity index (χ3n) is 3.41. The van der Waals surface area contributed by atoms with Crippen LogP contribution in [0.5, 0.6) is 11.5 Å². The van der Waals surface area contributed by atoms with Crippen LogP contribution in [0, 0.1) is 0 Å². The van der Waals surface area contributed by atoms with E-state index in [1.165, 1.54) is 17.1 Å². The smallest absolute Gasteiger partial charge is 0.243 e. The van der Waals surface area contributed by atoms with Crippen molar-refractivity contribution in [2.24, 2.45) is 7.05 Å². The Labute approximate surface area is 133 Å². The molecule has 8 nitrogen and oxygen atoms in total.